The maximum atomic E-state index is 14.3. The Balaban J connectivity index is 1.46. The van der Waals surface area contributed by atoms with Crippen molar-refractivity contribution in [1.82, 2.24) is 4.31 Å². The maximum absolute atomic E-state index is 14.3. The Labute approximate surface area is 254 Å². The number of rotatable bonds is 6. The molecule has 1 aromatic heterocycles. The van der Waals surface area contributed by atoms with Crippen molar-refractivity contribution in [3.05, 3.63) is 58.4 Å². The molecule has 2 heterocycles. The third kappa shape index (κ3) is 5.62. The molecule has 0 unspecified atom stereocenters. The minimum Gasteiger partial charge on any atom is -0.477 e. The fourth-order valence-electron chi connectivity index (χ4n) is 5.95. The number of aromatic carboxylic acids is 1. The number of likely N-dealkylation sites (N-methyl/N-ethyl adjacent to an activating group) is 1. The van der Waals surface area contributed by atoms with Crippen molar-refractivity contribution in [3.63, 3.8) is 0 Å². The van der Waals surface area contributed by atoms with E-state index in [1.54, 1.807) is 13.1 Å². The van der Waals surface area contributed by atoms with Gasteiger partial charge in [0.2, 0.25) is 10.0 Å². The highest BCUT2D eigenvalue weighted by Gasteiger charge is 2.41. The fraction of sp³-hybridized carbons (Fsp3) is 0.400. The molecule has 3 aliphatic rings. The number of hydrogen-bond donors (Lipinski definition) is 2. The van der Waals surface area contributed by atoms with E-state index in [4.69, 9.17) is 16.3 Å². The van der Waals surface area contributed by atoms with Gasteiger partial charge in [-0.3, -0.25) is 5.32 Å². The number of carboxylic acids is 1. The summed E-state index contributed by atoms with van der Waals surface area (Å²) < 4.78 is 35.3. The number of ether oxygens (including phenoxy) is 1. The number of anilines is 3. The van der Waals surface area contributed by atoms with Crippen molar-refractivity contribution >= 4 is 62.1 Å². The molecule has 2 saturated carbocycles. The summed E-state index contributed by atoms with van der Waals surface area (Å²) in [5, 5.41) is 12.6. The molecule has 9 nitrogen and oxygen atoms in total. The summed E-state index contributed by atoms with van der Waals surface area (Å²) in [6.07, 6.45) is 5.96. The first kappa shape index (κ1) is 29.0. The molecule has 1 amide bonds. The van der Waals surface area contributed by atoms with Crippen molar-refractivity contribution in [2.45, 2.75) is 62.0 Å². The van der Waals surface area contributed by atoms with Gasteiger partial charge in [0.05, 0.1) is 16.4 Å². The van der Waals surface area contributed by atoms with E-state index < -0.39 is 22.1 Å². The molecule has 0 radical (unpaired) electrons. The maximum Gasteiger partial charge on any atom is 0.411 e. The lowest BCUT2D eigenvalue weighted by Crippen LogP contribution is -2.46. The Hall–Kier alpha value is -3.12. The largest absolute Gasteiger partial charge is 0.477 e. The monoisotopic (exact) mass is 629 g/mol. The van der Waals surface area contributed by atoms with Crippen molar-refractivity contribution in [3.8, 4) is 10.4 Å². The first-order chi connectivity index (χ1) is 20.1. The Kier molecular flexibility index (Phi) is 7.95. The zero-order valence-corrected chi connectivity index (χ0v) is 25.5. The number of amides is 1. The van der Waals surface area contributed by atoms with E-state index in [1.165, 1.54) is 16.4 Å². The average Bonchev–Trinajstić information content (AvgIpc) is 3.70. The number of carbonyl (C=O) groups excluding carboxylic acids is 1. The first-order valence-corrected chi connectivity index (χ1v) is 16.8. The molecule has 12 heteroatoms. The summed E-state index contributed by atoms with van der Waals surface area (Å²) >= 11 is 7.76. The quantitative estimate of drug-likeness (QED) is 0.296. The summed E-state index contributed by atoms with van der Waals surface area (Å²) in [5.41, 5.74) is 1.77. The Morgan fingerprint density at radius 1 is 1.05 bits per heavy atom. The fourth-order valence-corrected chi connectivity index (χ4v) is 8.86. The molecule has 1 atom stereocenters. The van der Waals surface area contributed by atoms with E-state index in [1.807, 2.05) is 35.2 Å². The molecule has 0 saturated heterocycles. The Bertz CT molecular complexity index is 1620. The van der Waals surface area contributed by atoms with Crippen LogP contribution in [0.1, 0.15) is 54.6 Å². The van der Waals surface area contributed by atoms with Gasteiger partial charge in [0.15, 0.2) is 0 Å². The third-order valence-electron chi connectivity index (χ3n) is 8.32. The molecular weight excluding hydrogens is 598 g/mol. The summed E-state index contributed by atoms with van der Waals surface area (Å²) in [7, 11) is -2.30. The number of halogens is 1. The van der Waals surface area contributed by atoms with E-state index in [9.17, 15) is 23.1 Å². The van der Waals surface area contributed by atoms with Crippen LogP contribution in [0.3, 0.4) is 0 Å². The van der Waals surface area contributed by atoms with Gasteiger partial charge in [-0.25, -0.2) is 18.0 Å². The zero-order chi connectivity index (χ0) is 29.6. The minimum absolute atomic E-state index is 0.0717. The smallest absolute Gasteiger partial charge is 0.411 e. The second-order valence-corrected chi connectivity index (χ2v) is 14.5. The van der Waals surface area contributed by atoms with Crippen molar-refractivity contribution < 1.29 is 27.9 Å². The number of fused-ring (bicyclic) bond motifs is 1. The number of nitrogens with zero attached hydrogens (tertiary/aromatic N) is 2. The summed E-state index contributed by atoms with van der Waals surface area (Å²) in [5.74, 6) is -0.995. The normalized spacial score (nSPS) is 20.9. The topological polar surface area (TPSA) is 116 Å². The highest BCUT2D eigenvalue weighted by Crippen LogP contribution is 2.46. The number of thiophene rings is 1. The van der Waals surface area contributed by atoms with Crippen LogP contribution in [-0.2, 0) is 14.8 Å². The first-order valence-electron chi connectivity index (χ1n) is 14.1. The van der Waals surface area contributed by atoms with Gasteiger partial charge in [-0.05, 0) is 61.9 Å². The molecular formula is C30H32ClN3O6S2. The molecule has 2 aromatic carbocycles. The number of carbonyl (C=O) groups is 2. The predicted octanol–water partition coefficient (Wildman–Crippen LogP) is 7.20. The third-order valence-corrected chi connectivity index (χ3v) is 11.7. The second kappa shape index (κ2) is 11.5. The lowest BCUT2D eigenvalue weighted by molar-refractivity contribution is 0.0703. The van der Waals surface area contributed by atoms with Crippen LogP contribution >= 0.6 is 22.9 Å². The van der Waals surface area contributed by atoms with Crippen LogP contribution in [0.5, 0.6) is 0 Å². The number of para-hydroxylation sites is 1. The second-order valence-electron chi connectivity index (χ2n) is 11.1. The van der Waals surface area contributed by atoms with E-state index in [-0.39, 0.29) is 38.5 Å². The number of carboxylic acid groups (broad SMARTS) is 1. The van der Waals surface area contributed by atoms with Gasteiger partial charge in [0.1, 0.15) is 15.9 Å². The van der Waals surface area contributed by atoms with Crippen LogP contribution in [0.15, 0.2) is 53.4 Å². The van der Waals surface area contributed by atoms with E-state index in [0.29, 0.717) is 22.7 Å². The molecule has 0 bridgehead atoms. The lowest BCUT2D eigenvalue weighted by Gasteiger charge is -2.36. The van der Waals surface area contributed by atoms with Crippen LogP contribution in [-0.4, -0.2) is 55.6 Å². The molecule has 2 aliphatic carbocycles. The average molecular weight is 630 g/mol. The van der Waals surface area contributed by atoms with E-state index >= 15 is 0 Å². The number of sulfonamides is 1. The standard InChI is InChI=1S/C30H32ClN3O6S2/c1-33-25(18-8-4-2-5-9-18)17-34(19-10-6-3-7-11-19)24-15-22(31)21(14-27(24)42(33,38)39)26-16-23(28(41-26)29(35)36)32-30(37)40-20-12-13-20/h3,6-7,10-11,14-16,18,20,25H,2,4-5,8-9,12-13,17H2,1H3,(H,32,37)(H,35,36)/t25-/m0/s1. The molecule has 0 spiro atoms. The SMILES string of the molecule is CN1[C@H](C2CCCCC2)CN(c2ccccc2)c2cc(Cl)c(-c3cc(NC(=O)OC4CC4)c(C(=O)O)s3)cc2S1(=O)=O. The van der Waals surface area contributed by atoms with Crippen LogP contribution in [0, 0.1) is 5.92 Å². The molecule has 6 rings (SSSR count). The summed E-state index contributed by atoms with van der Waals surface area (Å²) in [6, 6.07) is 14.1. The highest BCUT2D eigenvalue weighted by molar-refractivity contribution is 7.89. The molecule has 222 valence electrons. The van der Waals surface area contributed by atoms with Gasteiger partial charge in [0.25, 0.3) is 0 Å². The minimum atomic E-state index is -3.96. The number of benzene rings is 2. The van der Waals surface area contributed by atoms with Crippen LogP contribution in [0.25, 0.3) is 10.4 Å². The number of hydrogen-bond acceptors (Lipinski definition) is 7. The van der Waals surface area contributed by atoms with Crippen LogP contribution < -0.4 is 10.2 Å². The van der Waals surface area contributed by atoms with Crippen LogP contribution in [0.4, 0.5) is 21.9 Å². The molecule has 2 fully saturated rings. The van der Waals surface area contributed by atoms with Gasteiger partial charge in [-0.15, -0.1) is 11.3 Å². The predicted molar refractivity (Wildman–Crippen MR) is 164 cm³/mol. The molecule has 1 aliphatic heterocycles. The number of nitrogens with one attached hydrogen (secondary N) is 1. The Morgan fingerprint density at radius 2 is 1.76 bits per heavy atom. The van der Waals surface area contributed by atoms with E-state index in [0.717, 1.165) is 62.0 Å². The van der Waals surface area contributed by atoms with Crippen molar-refractivity contribution in [2.24, 2.45) is 5.92 Å². The van der Waals surface area contributed by atoms with E-state index in [2.05, 4.69) is 5.32 Å². The van der Waals surface area contributed by atoms with Gasteiger partial charge < -0.3 is 14.7 Å². The Morgan fingerprint density at radius 3 is 2.43 bits per heavy atom. The summed E-state index contributed by atoms with van der Waals surface area (Å²) in [6.45, 7) is 0.479. The van der Waals surface area contributed by atoms with Crippen molar-refractivity contribution in [1.29, 1.82) is 0 Å². The van der Waals surface area contributed by atoms with Gasteiger partial charge in [0, 0.05) is 35.8 Å². The summed E-state index contributed by atoms with van der Waals surface area (Å²) in [4.78, 5) is 26.8. The van der Waals surface area contributed by atoms with Gasteiger partial charge >= 0.3 is 12.1 Å². The van der Waals surface area contributed by atoms with Gasteiger partial charge in [-0.2, -0.15) is 4.31 Å². The lowest BCUT2D eigenvalue weighted by atomic mass is 9.83. The molecule has 3 aromatic rings. The zero-order valence-electron chi connectivity index (χ0n) is 23.1. The highest BCUT2D eigenvalue weighted by atomic mass is 35.5. The molecule has 42 heavy (non-hydrogen) atoms. The van der Waals surface area contributed by atoms with Crippen molar-refractivity contribution in [2.75, 3.05) is 23.8 Å². The van der Waals surface area contributed by atoms with Gasteiger partial charge in [-0.1, -0.05) is 49.1 Å². The molecule has 2 N–H and O–H groups in total. The van der Waals surface area contributed by atoms with Crippen LogP contribution in [0.2, 0.25) is 5.02 Å².